The molecule has 0 aromatic carbocycles. The molecule has 88 valence electrons. The Morgan fingerprint density at radius 2 is 2.33 bits per heavy atom. The van der Waals surface area contributed by atoms with Gasteiger partial charge in [-0.2, -0.15) is 0 Å². The van der Waals surface area contributed by atoms with Crippen LogP contribution in [0.4, 0.5) is 0 Å². The van der Waals surface area contributed by atoms with Crippen LogP contribution in [-0.2, 0) is 9.53 Å². The summed E-state index contributed by atoms with van der Waals surface area (Å²) in [5.74, 6) is -0.303. The van der Waals surface area contributed by atoms with Crippen molar-refractivity contribution >= 4 is 5.97 Å². The number of rotatable bonds is 8. The van der Waals surface area contributed by atoms with Crippen molar-refractivity contribution in [1.82, 2.24) is 5.32 Å². The van der Waals surface area contributed by atoms with Gasteiger partial charge >= 0.3 is 5.97 Å². The van der Waals surface area contributed by atoms with Gasteiger partial charge in [0.05, 0.1) is 6.61 Å². The largest absolute Gasteiger partial charge is 0.463 e. The van der Waals surface area contributed by atoms with Gasteiger partial charge in [-0.05, 0) is 26.7 Å². The Bertz CT molecular complexity index is 192. The summed E-state index contributed by atoms with van der Waals surface area (Å²) >= 11 is 0. The van der Waals surface area contributed by atoms with Crippen LogP contribution in [0, 0.1) is 0 Å². The van der Waals surface area contributed by atoms with Crippen molar-refractivity contribution in [2.75, 3.05) is 19.8 Å². The highest BCUT2D eigenvalue weighted by molar-refractivity contribution is 5.81. The molecule has 0 bridgehead atoms. The third-order valence-corrected chi connectivity index (χ3v) is 1.92. The SMILES string of the molecule is CCOC(=O)/C=C/CNC(C)CCCO. The Hall–Kier alpha value is -0.870. The summed E-state index contributed by atoms with van der Waals surface area (Å²) in [5, 5.41) is 11.8. The standard InChI is InChI=1S/C11H21NO3/c1-3-15-11(14)7-4-8-12-10(2)6-5-9-13/h4,7,10,12-13H,3,5-6,8-9H2,1-2H3/b7-4+. The third kappa shape index (κ3) is 9.43. The van der Waals surface area contributed by atoms with Crippen LogP contribution in [0.1, 0.15) is 26.7 Å². The fourth-order valence-corrected chi connectivity index (χ4v) is 1.11. The van der Waals surface area contributed by atoms with Crippen LogP contribution < -0.4 is 5.32 Å². The van der Waals surface area contributed by atoms with E-state index in [1.165, 1.54) is 6.08 Å². The van der Waals surface area contributed by atoms with E-state index < -0.39 is 0 Å². The van der Waals surface area contributed by atoms with Crippen LogP contribution in [0.2, 0.25) is 0 Å². The molecular weight excluding hydrogens is 194 g/mol. The number of nitrogens with one attached hydrogen (secondary N) is 1. The highest BCUT2D eigenvalue weighted by atomic mass is 16.5. The first-order valence-electron chi connectivity index (χ1n) is 5.38. The van der Waals surface area contributed by atoms with E-state index in [9.17, 15) is 4.79 Å². The Morgan fingerprint density at radius 1 is 1.60 bits per heavy atom. The first-order chi connectivity index (χ1) is 7.20. The average Bonchev–Trinajstić information content (AvgIpc) is 2.22. The lowest BCUT2D eigenvalue weighted by Crippen LogP contribution is -2.26. The maximum atomic E-state index is 10.9. The zero-order chi connectivity index (χ0) is 11.5. The topological polar surface area (TPSA) is 58.6 Å². The van der Waals surface area contributed by atoms with Gasteiger partial charge in [-0.15, -0.1) is 0 Å². The summed E-state index contributed by atoms with van der Waals surface area (Å²) in [5.41, 5.74) is 0. The zero-order valence-corrected chi connectivity index (χ0v) is 9.53. The lowest BCUT2D eigenvalue weighted by molar-refractivity contribution is -0.137. The highest BCUT2D eigenvalue weighted by Crippen LogP contribution is 1.94. The van der Waals surface area contributed by atoms with Crippen molar-refractivity contribution in [3.63, 3.8) is 0 Å². The third-order valence-electron chi connectivity index (χ3n) is 1.92. The summed E-state index contributed by atoms with van der Waals surface area (Å²) < 4.78 is 4.73. The summed E-state index contributed by atoms with van der Waals surface area (Å²) in [7, 11) is 0. The van der Waals surface area contributed by atoms with Crippen LogP contribution in [0.15, 0.2) is 12.2 Å². The summed E-state index contributed by atoms with van der Waals surface area (Å²) in [4.78, 5) is 10.9. The van der Waals surface area contributed by atoms with Crippen LogP contribution in [0.25, 0.3) is 0 Å². The first-order valence-corrected chi connectivity index (χ1v) is 5.38. The van der Waals surface area contributed by atoms with Crippen molar-refractivity contribution in [1.29, 1.82) is 0 Å². The van der Waals surface area contributed by atoms with Crippen molar-refractivity contribution < 1.29 is 14.6 Å². The predicted octanol–water partition coefficient (Wildman–Crippen LogP) is 0.856. The van der Waals surface area contributed by atoms with Crippen molar-refractivity contribution in [2.24, 2.45) is 0 Å². The monoisotopic (exact) mass is 215 g/mol. The molecule has 0 aliphatic heterocycles. The molecule has 0 aromatic heterocycles. The molecule has 0 saturated carbocycles. The number of ether oxygens (including phenoxy) is 1. The molecule has 1 unspecified atom stereocenters. The number of aliphatic hydroxyl groups is 1. The van der Waals surface area contributed by atoms with E-state index in [1.807, 2.05) is 6.92 Å². The van der Waals surface area contributed by atoms with E-state index in [2.05, 4.69) is 5.32 Å². The summed E-state index contributed by atoms with van der Waals surface area (Å²) in [6, 6.07) is 0.351. The summed E-state index contributed by atoms with van der Waals surface area (Å²) in [6.45, 7) is 5.11. The Labute approximate surface area is 91.3 Å². The minimum Gasteiger partial charge on any atom is -0.463 e. The fraction of sp³-hybridized carbons (Fsp3) is 0.727. The number of carbonyl (C=O) groups excluding carboxylic acids is 1. The van der Waals surface area contributed by atoms with E-state index in [1.54, 1.807) is 13.0 Å². The molecular formula is C11H21NO3. The van der Waals surface area contributed by atoms with Gasteiger partial charge < -0.3 is 15.2 Å². The molecule has 0 aliphatic carbocycles. The molecule has 4 nitrogen and oxygen atoms in total. The van der Waals surface area contributed by atoms with Gasteiger partial charge in [-0.3, -0.25) is 0 Å². The molecule has 1 atom stereocenters. The minimum absolute atomic E-state index is 0.227. The Balaban J connectivity index is 3.47. The number of hydrogen-bond donors (Lipinski definition) is 2. The van der Waals surface area contributed by atoms with E-state index >= 15 is 0 Å². The second-order valence-corrected chi connectivity index (χ2v) is 3.33. The lowest BCUT2D eigenvalue weighted by atomic mass is 10.2. The molecule has 0 fully saturated rings. The second kappa shape index (κ2) is 9.68. The smallest absolute Gasteiger partial charge is 0.330 e. The maximum Gasteiger partial charge on any atom is 0.330 e. The highest BCUT2D eigenvalue weighted by Gasteiger charge is 1.98. The van der Waals surface area contributed by atoms with Crippen molar-refractivity contribution in [2.45, 2.75) is 32.7 Å². The molecule has 0 aromatic rings. The van der Waals surface area contributed by atoms with Gasteiger partial charge in [-0.1, -0.05) is 6.08 Å². The van der Waals surface area contributed by atoms with Gasteiger partial charge in [-0.25, -0.2) is 4.79 Å². The van der Waals surface area contributed by atoms with E-state index in [0.717, 1.165) is 12.8 Å². The maximum absolute atomic E-state index is 10.9. The minimum atomic E-state index is -0.303. The van der Waals surface area contributed by atoms with Gasteiger partial charge in [0, 0.05) is 25.3 Å². The summed E-state index contributed by atoms with van der Waals surface area (Å²) in [6.07, 6.45) is 4.90. The van der Waals surface area contributed by atoms with Crippen LogP contribution in [0.3, 0.4) is 0 Å². The molecule has 2 N–H and O–H groups in total. The molecule has 0 rings (SSSR count). The van der Waals surface area contributed by atoms with Gasteiger partial charge in [0.1, 0.15) is 0 Å². The zero-order valence-electron chi connectivity index (χ0n) is 9.53. The van der Waals surface area contributed by atoms with Crippen molar-refractivity contribution in [3.8, 4) is 0 Å². The lowest BCUT2D eigenvalue weighted by Gasteiger charge is -2.10. The number of carbonyl (C=O) groups is 1. The van der Waals surface area contributed by atoms with E-state index in [4.69, 9.17) is 9.84 Å². The van der Waals surface area contributed by atoms with Crippen LogP contribution in [-0.4, -0.2) is 36.9 Å². The molecule has 0 amide bonds. The quantitative estimate of drug-likeness (QED) is 0.465. The van der Waals surface area contributed by atoms with Crippen LogP contribution in [0.5, 0.6) is 0 Å². The fourth-order valence-electron chi connectivity index (χ4n) is 1.11. The van der Waals surface area contributed by atoms with E-state index in [0.29, 0.717) is 19.2 Å². The second-order valence-electron chi connectivity index (χ2n) is 3.33. The van der Waals surface area contributed by atoms with Gasteiger partial charge in [0.15, 0.2) is 0 Å². The predicted molar refractivity (Wildman–Crippen MR) is 59.6 cm³/mol. The molecule has 4 heteroatoms. The molecule has 0 heterocycles. The molecule has 0 spiro atoms. The van der Waals surface area contributed by atoms with E-state index in [-0.39, 0.29) is 12.6 Å². The normalized spacial score (nSPS) is 13.0. The van der Waals surface area contributed by atoms with Gasteiger partial charge in [0.25, 0.3) is 0 Å². The Kier molecular flexibility index (Phi) is 9.11. The van der Waals surface area contributed by atoms with Crippen molar-refractivity contribution in [3.05, 3.63) is 12.2 Å². The number of esters is 1. The van der Waals surface area contributed by atoms with Gasteiger partial charge in [0.2, 0.25) is 0 Å². The van der Waals surface area contributed by atoms with Crippen LogP contribution >= 0.6 is 0 Å². The number of hydrogen-bond acceptors (Lipinski definition) is 4. The molecule has 0 radical (unpaired) electrons. The molecule has 0 aliphatic rings. The molecule has 0 saturated heterocycles. The average molecular weight is 215 g/mol. The first kappa shape index (κ1) is 14.1. The number of aliphatic hydroxyl groups excluding tert-OH is 1. The molecule has 15 heavy (non-hydrogen) atoms. The Morgan fingerprint density at radius 3 is 2.93 bits per heavy atom.